The Labute approximate surface area is 171 Å². The highest BCUT2D eigenvalue weighted by Crippen LogP contribution is 2.25. The first kappa shape index (κ1) is 22.1. The second-order valence-corrected chi connectivity index (χ2v) is 6.70. The van der Waals surface area contributed by atoms with Gasteiger partial charge >= 0.3 is 5.97 Å². The van der Waals surface area contributed by atoms with Crippen molar-refractivity contribution in [1.29, 1.82) is 0 Å². The van der Waals surface area contributed by atoms with E-state index in [0.29, 0.717) is 0 Å². The first-order valence-electron chi connectivity index (χ1n) is 9.36. The third kappa shape index (κ3) is 7.41. The second-order valence-electron chi connectivity index (χ2n) is 6.70. The molecule has 29 heavy (non-hydrogen) atoms. The van der Waals surface area contributed by atoms with Crippen LogP contribution in [0.25, 0.3) is 0 Å². The molecule has 0 amide bonds. The SMILES string of the molecule is CN(C)CCOC(c1ccccc1)c1ccccc1.O=C(O)c1ccccc1O. The number of nitrogens with zero attached hydrogens (tertiary/aromatic N) is 1. The Morgan fingerprint density at radius 1 is 0.862 bits per heavy atom. The van der Waals surface area contributed by atoms with E-state index < -0.39 is 5.97 Å². The Kier molecular flexibility index (Phi) is 8.89. The molecular formula is C24H27NO4. The van der Waals surface area contributed by atoms with E-state index in [-0.39, 0.29) is 17.4 Å². The number of aromatic carboxylic acids is 1. The molecule has 0 radical (unpaired) electrons. The Morgan fingerprint density at radius 3 is 1.76 bits per heavy atom. The molecule has 0 saturated heterocycles. The Bertz CT molecular complexity index is 827. The number of likely N-dealkylation sites (N-methyl/N-ethyl adjacent to an activating group) is 1. The highest BCUT2D eigenvalue weighted by atomic mass is 16.5. The largest absolute Gasteiger partial charge is 0.507 e. The number of carbonyl (C=O) groups is 1. The van der Waals surface area contributed by atoms with Gasteiger partial charge in [-0.3, -0.25) is 0 Å². The van der Waals surface area contributed by atoms with Crippen LogP contribution in [-0.2, 0) is 4.74 Å². The fourth-order valence-electron chi connectivity index (χ4n) is 2.65. The molecule has 0 aliphatic rings. The van der Waals surface area contributed by atoms with E-state index in [9.17, 15) is 4.79 Å². The van der Waals surface area contributed by atoms with Crippen LogP contribution < -0.4 is 0 Å². The molecule has 3 rings (SSSR count). The molecule has 3 aromatic rings. The minimum Gasteiger partial charge on any atom is -0.507 e. The van der Waals surface area contributed by atoms with Gasteiger partial charge in [0.05, 0.1) is 6.61 Å². The number of phenols is 1. The summed E-state index contributed by atoms with van der Waals surface area (Å²) >= 11 is 0. The number of hydrogen-bond acceptors (Lipinski definition) is 4. The molecule has 5 nitrogen and oxygen atoms in total. The number of para-hydroxylation sites is 1. The molecule has 0 aliphatic heterocycles. The highest BCUT2D eigenvalue weighted by Gasteiger charge is 2.13. The molecular weight excluding hydrogens is 366 g/mol. The van der Waals surface area contributed by atoms with Crippen LogP contribution in [0.1, 0.15) is 27.6 Å². The number of hydrogen-bond donors (Lipinski definition) is 2. The molecule has 0 bridgehead atoms. The fraction of sp³-hybridized carbons (Fsp3) is 0.208. The van der Waals surface area contributed by atoms with E-state index in [0.717, 1.165) is 13.2 Å². The van der Waals surface area contributed by atoms with Gasteiger partial charge in [-0.25, -0.2) is 4.79 Å². The van der Waals surface area contributed by atoms with Gasteiger partial charge in [0, 0.05) is 6.54 Å². The predicted octanol–water partition coefficient (Wildman–Crippen LogP) is 4.44. The lowest BCUT2D eigenvalue weighted by Crippen LogP contribution is -2.20. The molecule has 2 N–H and O–H groups in total. The van der Waals surface area contributed by atoms with Gasteiger partial charge in [-0.1, -0.05) is 72.8 Å². The molecule has 0 fully saturated rings. The Balaban J connectivity index is 0.000000253. The number of ether oxygens (including phenoxy) is 1. The topological polar surface area (TPSA) is 70.0 Å². The normalized spacial score (nSPS) is 10.5. The summed E-state index contributed by atoms with van der Waals surface area (Å²) in [7, 11) is 4.12. The van der Waals surface area contributed by atoms with E-state index in [2.05, 4.69) is 67.5 Å². The average molecular weight is 393 g/mol. The highest BCUT2D eigenvalue weighted by molar-refractivity contribution is 5.90. The molecule has 0 aromatic heterocycles. The van der Waals surface area contributed by atoms with E-state index in [1.165, 1.54) is 23.3 Å². The van der Waals surface area contributed by atoms with Gasteiger partial charge in [-0.15, -0.1) is 0 Å². The van der Waals surface area contributed by atoms with Crippen molar-refractivity contribution in [3.05, 3.63) is 102 Å². The summed E-state index contributed by atoms with van der Waals surface area (Å²) in [6.45, 7) is 1.65. The van der Waals surface area contributed by atoms with Crippen LogP contribution in [0.2, 0.25) is 0 Å². The zero-order valence-electron chi connectivity index (χ0n) is 16.7. The predicted molar refractivity (Wildman–Crippen MR) is 114 cm³/mol. The Morgan fingerprint density at radius 2 is 1.34 bits per heavy atom. The van der Waals surface area contributed by atoms with Crippen molar-refractivity contribution in [2.24, 2.45) is 0 Å². The van der Waals surface area contributed by atoms with Crippen LogP contribution in [0.3, 0.4) is 0 Å². The summed E-state index contributed by atoms with van der Waals surface area (Å²) in [6, 6.07) is 26.6. The first-order valence-corrected chi connectivity index (χ1v) is 9.36. The summed E-state index contributed by atoms with van der Waals surface area (Å²) in [5.74, 6) is -1.31. The maximum absolute atomic E-state index is 10.3. The van der Waals surface area contributed by atoms with Crippen molar-refractivity contribution in [1.82, 2.24) is 4.90 Å². The van der Waals surface area contributed by atoms with Gasteiger partial charge in [-0.2, -0.15) is 0 Å². The maximum Gasteiger partial charge on any atom is 0.339 e. The summed E-state index contributed by atoms with van der Waals surface area (Å²) in [5.41, 5.74) is 2.34. The van der Waals surface area contributed by atoms with E-state index in [1.54, 1.807) is 12.1 Å². The standard InChI is InChI=1S/C17H21NO.C7H6O3/c1-18(2)13-14-19-17(15-9-5-3-6-10-15)16-11-7-4-8-12-16;8-6-4-2-1-3-5(6)7(9)10/h3-12,17H,13-14H2,1-2H3;1-4,8H,(H,9,10). The second kappa shape index (κ2) is 11.6. The minimum atomic E-state index is -1.11. The van der Waals surface area contributed by atoms with Crippen molar-refractivity contribution in [2.75, 3.05) is 27.2 Å². The van der Waals surface area contributed by atoms with Crippen LogP contribution in [0.15, 0.2) is 84.9 Å². The summed E-state index contributed by atoms with van der Waals surface area (Å²) < 4.78 is 6.08. The van der Waals surface area contributed by atoms with E-state index in [1.807, 2.05) is 12.1 Å². The molecule has 0 aliphatic carbocycles. The maximum atomic E-state index is 10.3. The fourth-order valence-corrected chi connectivity index (χ4v) is 2.65. The lowest BCUT2D eigenvalue weighted by Gasteiger charge is -2.20. The minimum absolute atomic E-state index is 0.0161. The van der Waals surface area contributed by atoms with Gasteiger partial charge in [0.25, 0.3) is 0 Å². The number of aromatic hydroxyl groups is 1. The summed E-state index contributed by atoms with van der Waals surface area (Å²) in [4.78, 5) is 12.4. The lowest BCUT2D eigenvalue weighted by molar-refractivity contribution is 0.0686. The van der Waals surface area contributed by atoms with Crippen LogP contribution in [0, 0.1) is 0 Å². The van der Waals surface area contributed by atoms with Gasteiger partial charge in [0.15, 0.2) is 0 Å². The van der Waals surface area contributed by atoms with E-state index >= 15 is 0 Å². The zero-order valence-corrected chi connectivity index (χ0v) is 16.7. The number of rotatable bonds is 7. The van der Waals surface area contributed by atoms with Gasteiger partial charge in [0.2, 0.25) is 0 Å². The average Bonchev–Trinajstić information content (AvgIpc) is 2.73. The molecule has 0 unspecified atom stereocenters. The third-order valence-electron chi connectivity index (χ3n) is 4.16. The molecule has 0 spiro atoms. The molecule has 5 heteroatoms. The number of carboxylic acids is 1. The molecule has 3 aromatic carbocycles. The number of benzene rings is 3. The van der Waals surface area contributed by atoms with Crippen LogP contribution in [0.5, 0.6) is 5.75 Å². The van der Waals surface area contributed by atoms with Crippen molar-refractivity contribution >= 4 is 5.97 Å². The van der Waals surface area contributed by atoms with Crippen LogP contribution >= 0.6 is 0 Å². The smallest absolute Gasteiger partial charge is 0.339 e. The lowest BCUT2D eigenvalue weighted by atomic mass is 10.0. The number of carboxylic acid groups (broad SMARTS) is 1. The van der Waals surface area contributed by atoms with Gasteiger partial charge in [0.1, 0.15) is 17.4 Å². The molecule has 0 heterocycles. The van der Waals surface area contributed by atoms with Crippen LogP contribution in [-0.4, -0.2) is 48.3 Å². The van der Waals surface area contributed by atoms with Gasteiger partial charge in [-0.05, 0) is 37.4 Å². The summed E-state index contributed by atoms with van der Waals surface area (Å²) in [5, 5.41) is 17.3. The van der Waals surface area contributed by atoms with Crippen molar-refractivity contribution in [3.63, 3.8) is 0 Å². The molecule has 0 saturated carbocycles. The van der Waals surface area contributed by atoms with Crippen molar-refractivity contribution in [3.8, 4) is 5.75 Å². The van der Waals surface area contributed by atoms with Gasteiger partial charge < -0.3 is 19.8 Å². The first-order chi connectivity index (χ1) is 14.0. The quantitative estimate of drug-likeness (QED) is 0.621. The summed E-state index contributed by atoms with van der Waals surface area (Å²) in [6.07, 6.45) is 0.0161. The van der Waals surface area contributed by atoms with Crippen LogP contribution in [0.4, 0.5) is 0 Å². The van der Waals surface area contributed by atoms with E-state index in [4.69, 9.17) is 14.9 Å². The zero-order chi connectivity index (χ0) is 21.1. The third-order valence-corrected chi connectivity index (χ3v) is 4.16. The molecule has 152 valence electrons. The molecule has 0 atom stereocenters. The Hall–Kier alpha value is -3.15. The monoisotopic (exact) mass is 393 g/mol. The van der Waals surface area contributed by atoms with Crippen molar-refractivity contribution < 1.29 is 19.7 Å². The van der Waals surface area contributed by atoms with Crippen molar-refractivity contribution in [2.45, 2.75) is 6.10 Å².